The number of rotatable bonds is 5. The molecule has 0 amide bonds. The number of hydrogen-bond acceptors (Lipinski definition) is 4. The van der Waals surface area contributed by atoms with Gasteiger partial charge in [0.2, 0.25) is 0 Å². The third kappa shape index (κ3) is 3.25. The van der Waals surface area contributed by atoms with Gasteiger partial charge in [-0.3, -0.25) is 4.90 Å². The van der Waals surface area contributed by atoms with Crippen LogP contribution in [0.5, 0.6) is 0 Å². The van der Waals surface area contributed by atoms with Crippen molar-refractivity contribution in [2.45, 2.75) is 110 Å². The fraction of sp³-hybridized carbons (Fsp3) is 1.00. The van der Waals surface area contributed by atoms with E-state index in [1.807, 2.05) is 0 Å². The minimum Gasteiger partial charge on any atom is -0.393 e. The average Bonchev–Trinajstić information content (AvgIpc) is 2.80. The highest BCUT2D eigenvalue weighted by Crippen LogP contribution is 2.66. The number of fused-ring (bicyclic) bond motifs is 2. The maximum absolute atomic E-state index is 10.7. The van der Waals surface area contributed by atoms with Gasteiger partial charge in [-0.25, -0.2) is 0 Å². The Morgan fingerprint density at radius 2 is 1.62 bits per heavy atom. The Bertz CT molecular complexity index is 511. The van der Waals surface area contributed by atoms with E-state index in [9.17, 15) is 10.2 Å². The van der Waals surface area contributed by atoms with Crippen LogP contribution in [0.1, 0.15) is 80.6 Å². The van der Waals surface area contributed by atoms with Crippen molar-refractivity contribution < 1.29 is 14.9 Å². The van der Waals surface area contributed by atoms with Crippen LogP contribution in [0.15, 0.2) is 0 Å². The average molecular weight is 368 g/mol. The van der Waals surface area contributed by atoms with Crippen molar-refractivity contribution in [3.05, 3.63) is 0 Å². The van der Waals surface area contributed by atoms with Crippen molar-refractivity contribution in [2.24, 2.45) is 16.7 Å². The summed E-state index contributed by atoms with van der Waals surface area (Å²) >= 11 is 0. The molecule has 152 valence electrons. The molecule has 0 aromatic carbocycles. The van der Waals surface area contributed by atoms with Gasteiger partial charge in [0.25, 0.3) is 0 Å². The van der Waals surface area contributed by atoms with Gasteiger partial charge in [-0.15, -0.1) is 0 Å². The topological polar surface area (TPSA) is 52.9 Å². The van der Waals surface area contributed by atoms with E-state index in [1.165, 1.54) is 12.8 Å². The monoisotopic (exact) mass is 367 g/mol. The summed E-state index contributed by atoms with van der Waals surface area (Å²) in [5.41, 5.74) is 0.339. The van der Waals surface area contributed by atoms with Crippen molar-refractivity contribution in [1.82, 2.24) is 4.90 Å². The number of aliphatic hydroxyl groups is 2. The zero-order chi connectivity index (χ0) is 19.5. The molecule has 0 spiro atoms. The van der Waals surface area contributed by atoms with E-state index in [0.29, 0.717) is 18.6 Å². The van der Waals surface area contributed by atoms with Crippen molar-refractivity contribution in [3.63, 3.8) is 0 Å². The molecule has 1 heterocycles. The van der Waals surface area contributed by atoms with Crippen LogP contribution in [0, 0.1) is 16.7 Å². The van der Waals surface area contributed by atoms with Crippen molar-refractivity contribution >= 4 is 0 Å². The fourth-order valence-electron chi connectivity index (χ4n) is 6.63. The highest BCUT2D eigenvalue weighted by atomic mass is 16.5. The van der Waals surface area contributed by atoms with Crippen LogP contribution in [0.25, 0.3) is 0 Å². The first kappa shape index (κ1) is 20.6. The summed E-state index contributed by atoms with van der Waals surface area (Å²) in [5.74, 6) is 0.760. The van der Waals surface area contributed by atoms with Gasteiger partial charge >= 0.3 is 0 Å². The second kappa shape index (κ2) is 6.43. The summed E-state index contributed by atoms with van der Waals surface area (Å²) in [4.78, 5) is 2.37. The Morgan fingerprint density at radius 1 is 1.04 bits per heavy atom. The summed E-state index contributed by atoms with van der Waals surface area (Å²) in [5, 5.41) is 21.0. The van der Waals surface area contributed by atoms with Gasteiger partial charge in [-0.05, 0) is 76.5 Å². The van der Waals surface area contributed by atoms with Crippen LogP contribution in [0.3, 0.4) is 0 Å². The van der Waals surface area contributed by atoms with Crippen LogP contribution in [0.2, 0.25) is 0 Å². The van der Waals surface area contributed by atoms with E-state index >= 15 is 0 Å². The van der Waals surface area contributed by atoms with Crippen LogP contribution in [-0.2, 0) is 4.74 Å². The quantitative estimate of drug-likeness (QED) is 0.780. The molecule has 4 nitrogen and oxygen atoms in total. The Balaban J connectivity index is 1.59. The van der Waals surface area contributed by atoms with Crippen LogP contribution in [0.4, 0.5) is 0 Å². The molecule has 2 bridgehead atoms. The highest BCUT2D eigenvalue weighted by molar-refractivity contribution is 5.11. The third-order valence-electron chi connectivity index (χ3n) is 8.53. The number of β-amino-alcohol motifs (C(OH)–C–C–N with tert-alkyl or cyclic N) is 1. The van der Waals surface area contributed by atoms with Gasteiger partial charge in [0, 0.05) is 17.6 Å². The fourth-order valence-corrected chi connectivity index (χ4v) is 6.63. The molecule has 1 saturated heterocycles. The van der Waals surface area contributed by atoms with E-state index in [1.54, 1.807) is 0 Å². The lowest BCUT2D eigenvalue weighted by atomic mass is 9.70. The van der Waals surface area contributed by atoms with Gasteiger partial charge in [0.15, 0.2) is 0 Å². The Hall–Kier alpha value is -0.160. The Morgan fingerprint density at radius 3 is 2.08 bits per heavy atom. The maximum Gasteiger partial charge on any atom is 0.0900 e. The number of nitrogens with zero attached hydrogens (tertiary/aromatic N) is 1. The van der Waals surface area contributed by atoms with Gasteiger partial charge in [0.05, 0.1) is 24.9 Å². The van der Waals surface area contributed by atoms with Crippen molar-refractivity contribution in [2.75, 3.05) is 13.2 Å². The number of piperidine rings is 1. The third-order valence-corrected chi connectivity index (χ3v) is 8.53. The number of likely N-dealkylation sites (tertiary alicyclic amines) is 1. The lowest BCUT2D eigenvalue weighted by Gasteiger charge is -2.55. The highest BCUT2D eigenvalue weighted by Gasteiger charge is 2.61. The molecular weight excluding hydrogens is 326 g/mol. The predicted octanol–water partition coefficient (Wildman–Crippen LogP) is 3.59. The van der Waals surface area contributed by atoms with E-state index in [0.717, 1.165) is 25.2 Å². The number of hydrogen-bond donors (Lipinski definition) is 2. The van der Waals surface area contributed by atoms with E-state index in [4.69, 9.17) is 4.74 Å². The van der Waals surface area contributed by atoms with Crippen LogP contribution >= 0.6 is 0 Å². The second-order valence-corrected chi connectivity index (χ2v) is 11.4. The number of aliphatic hydroxyl groups excluding tert-OH is 2. The zero-order valence-corrected chi connectivity index (χ0v) is 18.0. The molecule has 2 aliphatic carbocycles. The summed E-state index contributed by atoms with van der Waals surface area (Å²) < 4.78 is 6.31. The van der Waals surface area contributed by atoms with Gasteiger partial charge in [-0.1, -0.05) is 20.8 Å². The zero-order valence-electron chi connectivity index (χ0n) is 18.0. The van der Waals surface area contributed by atoms with Crippen LogP contribution in [-0.4, -0.2) is 57.7 Å². The smallest absolute Gasteiger partial charge is 0.0900 e. The lowest BCUT2D eigenvalue weighted by molar-refractivity contribution is -0.119. The molecule has 26 heavy (non-hydrogen) atoms. The first-order valence-corrected chi connectivity index (χ1v) is 10.5. The summed E-state index contributed by atoms with van der Waals surface area (Å²) in [6.07, 6.45) is 4.73. The molecule has 0 aromatic heterocycles. The van der Waals surface area contributed by atoms with Crippen LogP contribution < -0.4 is 0 Å². The minimum absolute atomic E-state index is 0.122. The number of ether oxygens (including phenoxy) is 1. The maximum atomic E-state index is 10.7. The Labute approximate surface area is 160 Å². The molecule has 2 saturated carbocycles. The normalized spacial score (nSPS) is 40.0. The first-order chi connectivity index (χ1) is 11.8. The SMILES string of the molecule is CC1(C)CC(O)CC(C)(C)N1CC(O)COC1CC2CCC1(C)C2(C)C. The molecular formula is C22H41NO3. The first-order valence-electron chi connectivity index (χ1n) is 10.5. The van der Waals surface area contributed by atoms with E-state index < -0.39 is 6.10 Å². The molecule has 3 fully saturated rings. The largest absolute Gasteiger partial charge is 0.393 e. The molecule has 0 aromatic rings. The van der Waals surface area contributed by atoms with E-state index in [-0.39, 0.29) is 28.7 Å². The van der Waals surface area contributed by atoms with Gasteiger partial charge in [-0.2, -0.15) is 0 Å². The molecule has 4 unspecified atom stereocenters. The molecule has 2 N–H and O–H groups in total. The summed E-state index contributed by atoms with van der Waals surface area (Å²) in [6.45, 7) is 16.9. The molecule has 0 radical (unpaired) electrons. The van der Waals surface area contributed by atoms with Crippen molar-refractivity contribution in [1.29, 1.82) is 0 Å². The van der Waals surface area contributed by atoms with Gasteiger partial charge < -0.3 is 14.9 Å². The summed E-state index contributed by atoms with van der Waals surface area (Å²) in [7, 11) is 0. The Kier molecular flexibility index (Phi) is 5.09. The standard InChI is InChI=1S/C22H41NO3/c1-19(2)11-16(24)12-20(3,4)23(19)13-17(25)14-26-18-10-15-8-9-22(18,7)21(15,5)6/h15-18,24-25H,8-14H2,1-7H3. The van der Waals surface area contributed by atoms with Gasteiger partial charge in [0.1, 0.15) is 0 Å². The minimum atomic E-state index is -0.491. The molecule has 4 heteroatoms. The van der Waals surface area contributed by atoms with E-state index in [2.05, 4.69) is 53.4 Å². The molecule has 1 aliphatic heterocycles. The molecule has 3 rings (SSSR count). The second-order valence-electron chi connectivity index (χ2n) is 11.4. The lowest BCUT2D eigenvalue weighted by Crippen LogP contribution is -2.63. The van der Waals surface area contributed by atoms with Crippen molar-refractivity contribution in [3.8, 4) is 0 Å². The predicted molar refractivity (Wildman–Crippen MR) is 105 cm³/mol. The summed E-state index contributed by atoms with van der Waals surface area (Å²) in [6, 6.07) is 0. The molecule has 4 atom stereocenters. The molecule has 3 aliphatic rings.